The van der Waals surface area contributed by atoms with E-state index in [0.29, 0.717) is 10.8 Å². The Hall–Kier alpha value is -3.00. The highest BCUT2D eigenvalue weighted by Crippen LogP contribution is 2.20. The van der Waals surface area contributed by atoms with Gasteiger partial charge in [-0.2, -0.15) is 5.10 Å². The Kier molecular flexibility index (Phi) is 4.39. The molecule has 2 heterocycles. The van der Waals surface area contributed by atoms with Crippen molar-refractivity contribution in [2.75, 3.05) is 5.32 Å². The molecule has 0 unspecified atom stereocenters. The van der Waals surface area contributed by atoms with E-state index in [1.807, 2.05) is 13.0 Å². The van der Waals surface area contributed by atoms with Gasteiger partial charge in [-0.25, -0.2) is 4.68 Å². The molecular weight excluding hydrogens is 330 g/mol. The van der Waals surface area contributed by atoms with Gasteiger partial charge in [0.15, 0.2) is 0 Å². The summed E-state index contributed by atoms with van der Waals surface area (Å²) >= 11 is 6.13. The van der Waals surface area contributed by atoms with Gasteiger partial charge >= 0.3 is 0 Å². The van der Waals surface area contributed by atoms with Crippen LogP contribution in [0.25, 0.3) is 11.8 Å². The lowest BCUT2D eigenvalue weighted by atomic mass is 10.2. The maximum atomic E-state index is 12.1. The molecule has 0 aliphatic carbocycles. The summed E-state index contributed by atoms with van der Waals surface area (Å²) in [5, 5.41) is 18.4. The molecule has 9 heteroatoms. The zero-order valence-corrected chi connectivity index (χ0v) is 13.8. The second-order valence-corrected chi connectivity index (χ2v) is 5.40. The Balaban J connectivity index is 1.73. The van der Waals surface area contributed by atoms with Crippen LogP contribution in [0.4, 0.5) is 5.69 Å². The van der Waals surface area contributed by atoms with Crippen molar-refractivity contribution >= 4 is 29.3 Å². The van der Waals surface area contributed by atoms with Gasteiger partial charge in [-0.3, -0.25) is 9.48 Å². The minimum atomic E-state index is -0.275. The molecule has 1 aromatic carbocycles. The highest BCUT2D eigenvalue weighted by atomic mass is 35.5. The Bertz CT molecular complexity index is 899. The zero-order chi connectivity index (χ0) is 17.1. The molecule has 122 valence electrons. The van der Waals surface area contributed by atoms with Crippen LogP contribution in [0.2, 0.25) is 5.15 Å². The van der Waals surface area contributed by atoms with Gasteiger partial charge in [-0.15, -0.1) is 5.10 Å². The van der Waals surface area contributed by atoms with Crippen LogP contribution in [-0.4, -0.2) is 35.9 Å². The van der Waals surface area contributed by atoms with Crippen LogP contribution in [-0.2, 0) is 11.8 Å². The molecule has 2 aromatic heterocycles. The predicted molar refractivity (Wildman–Crippen MR) is 89.8 cm³/mol. The number of aromatic nitrogens is 6. The molecule has 3 rings (SSSR count). The van der Waals surface area contributed by atoms with Crippen molar-refractivity contribution in [1.29, 1.82) is 0 Å². The third-order valence-electron chi connectivity index (χ3n) is 3.32. The highest BCUT2D eigenvalue weighted by molar-refractivity contribution is 6.31. The second-order valence-electron chi connectivity index (χ2n) is 5.04. The molecule has 0 bridgehead atoms. The molecule has 24 heavy (non-hydrogen) atoms. The monoisotopic (exact) mass is 343 g/mol. The smallest absolute Gasteiger partial charge is 0.248 e. The van der Waals surface area contributed by atoms with E-state index in [9.17, 15) is 4.79 Å². The maximum absolute atomic E-state index is 12.1. The number of rotatable bonds is 4. The van der Waals surface area contributed by atoms with Crippen molar-refractivity contribution in [1.82, 2.24) is 30.0 Å². The number of carbonyl (C=O) groups excluding carboxylic acids is 1. The molecular formula is C15H14ClN7O. The normalized spacial score (nSPS) is 11.1. The minimum absolute atomic E-state index is 0.275. The fourth-order valence-electron chi connectivity index (χ4n) is 2.18. The van der Waals surface area contributed by atoms with E-state index in [4.69, 9.17) is 11.6 Å². The van der Waals surface area contributed by atoms with Gasteiger partial charge in [-0.1, -0.05) is 17.7 Å². The van der Waals surface area contributed by atoms with E-state index in [1.54, 1.807) is 36.0 Å². The molecule has 0 atom stereocenters. The van der Waals surface area contributed by atoms with Gasteiger partial charge in [0.25, 0.3) is 0 Å². The predicted octanol–water partition coefficient (Wildman–Crippen LogP) is 2.01. The molecule has 0 saturated heterocycles. The number of hydrogen-bond acceptors (Lipinski definition) is 5. The first-order valence-corrected chi connectivity index (χ1v) is 7.44. The van der Waals surface area contributed by atoms with Crippen LogP contribution in [0, 0.1) is 6.92 Å². The molecule has 0 aliphatic rings. The summed E-state index contributed by atoms with van der Waals surface area (Å²) in [6, 6.07) is 7.19. The van der Waals surface area contributed by atoms with E-state index in [-0.39, 0.29) is 5.91 Å². The first-order chi connectivity index (χ1) is 11.5. The van der Waals surface area contributed by atoms with Gasteiger partial charge < -0.3 is 5.32 Å². The Morgan fingerprint density at radius 3 is 2.88 bits per heavy atom. The standard InChI is InChI=1S/C15H14ClN7O/c1-10-13(15(16)22(2)19-10)6-7-14(24)18-11-4-3-5-12(8-11)23-9-17-20-21-23/h3-9H,1-2H3,(H,18,24)/b7-6+. The lowest BCUT2D eigenvalue weighted by molar-refractivity contribution is -0.111. The highest BCUT2D eigenvalue weighted by Gasteiger charge is 2.08. The number of benzene rings is 1. The van der Waals surface area contributed by atoms with Crippen molar-refractivity contribution < 1.29 is 4.79 Å². The lowest BCUT2D eigenvalue weighted by Gasteiger charge is -2.04. The summed E-state index contributed by atoms with van der Waals surface area (Å²) < 4.78 is 3.06. The van der Waals surface area contributed by atoms with Crippen molar-refractivity contribution in [3.05, 3.63) is 53.1 Å². The summed E-state index contributed by atoms with van der Waals surface area (Å²) in [6.07, 6.45) is 4.54. The number of nitrogens with zero attached hydrogens (tertiary/aromatic N) is 6. The van der Waals surface area contributed by atoms with Gasteiger partial charge in [0.2, 0.25) is 5.91 Å². The first-order valence-electron chi connectivity index (χ1n) is 7.06. The van der Waals surface area contributed by atoms with Gasteiger partial charge in [-0.05, 0) is 41.6 Å². The second kappa shape index (κ2) is 6.63. The number of nitrogens with one attached hydrogen (secondary N) is 1. The summed E-state index contributed by atoms with van der Waals surface area (Å²) in [6.45, 7) is 1.83. The Morgan fingerprint density at radius 2 is 2.21 bits per heavy atom. The lowest BCUT2D eigenvalue weighted by Crippen LogP contribution is -2.08. The molecule has 8 nitrogen and oxygen atoms in total. The SMILES string of the molecule is Cc1nn(C)c(Cl)c1/C=C/C(=O)Nc1cccc(-n2cnnn2)c1. The molecule has 3 aromatic rings. The van der Waals surface area contributed by atoms with Gasteiger partial charge in [0.1, 0.15) is 11.5 Å². The quantitative estimate of drug-likeness (QED) is 0.732. The third kappa shape index (κ3) is 3.33. The molecule has 1 N–H and O–H groups in total. The van der Waals surface area contributed by atoms with Crippen LogP contribution in [0.5, 0.6) is 0 Å². The van der Waals surface area contributed by atoms with Crippen molar-refractivity contribution in [2.45, 2.75) is 6.92 Å². The average Bonchev–Trinajstić information content (AvgIpc) is 3.16. The van der Waals surface area contributed by atoms with Crippen LogP contribution in [0.15, 0.2) is 36.7 Å². The van der Waals surface area contributed by atoms with E-state index in [0.717, 1.165) is 16.9 Å². The number of amides is 1. The van der Waals surface area contributed by atoms with E-state index in [1.165, 1.54) is 17.1 Å². The largest absolute Gasteiger partial charge is 0.322 e. The fourth-order valence-corrected chi connectivity index (χ4v) is 2.42. The minimum Gasteiger partial charge on any atom is -0.322 e. The van der Waals surface area contributed by atoms with E-state index < -0.39 is 0 Å². The van der Waals surface area contributed by atoms with Crippen molar-refractivity contribution in [3.8, 4) is 5.69 Å². The molecule has 0 spiro atoms. The summed E-state index contributed by atoms with van der Waals surface area (Å²) in [5.74, 6) is -0.275. The summed E-state index contributed by atoms with van der Waals surface area (Å²) in [4.78, 5) is 12.1. The van der Waals surface area contributed by atoms with E-state index in [2.05, 4.69) is 25.9 Å². The topological polar surface area (TPSA) is 90.5 Å². The molecule has 0 aliphatic heterocycles. The van der Waals surface area contributed by atoms with Crippen LogP contribution in [0.1, 0.15) is 11.3 Å². The molecule has 0 saturated carbocycles. The van der Waals surface area contributed by atoms with Gasteiger partial charge in [0, 0.05) is 24.4 Å². The average molecular weight is 344 g/mol. The zero-order valence-electron chi connectivity index (χ0n) is 13.0. The number of tetrazole rings is 1. The number of anilines is 1. The van der Waals surface area contributed by atoms with Gasteiger partial charge in [0.05, 0.1) is 11.4 Å². The van der Waals surface area contributed by atoms with Crippen molar-refractivity contribution in [2.24, 2.45) is 7.05 Å². The number of aryl methyl sites for hydroxylation is 2. The Morgan fingerprint density at radius 1 is 1.38 bits per heavy atom. The number of halogens is 1. The molecule has 1 amide bonds. The fraction of sp³-hybridized carbons (Fsp3) is 0.133. The first kappa shape index (κ1) is 15.9. The van der Waals surface area contributed by atoms with E-state index >= 15 is 0 Å². The summed E-state index contributed by atoms with van der Waals surface area (Å²) in [5.41, 5.74) is 2.85. The number of hydrogen-bond donors (Lipinski definition) is 1. The molecule has 0 fully saturated rings. The summed E-state index contributed by atoms with van der Waals surface area (Å²) in [7, 11) is 1.75. The Labute approximate surface area is 142 Å². The van der Waals surface area contributed by atoms with Crippen molar-refractivity contribution in [3.63, 3.8) is 0 Å². The van der Waals surface area contributed by atoms with Crippen LogP contribution >= 0.6 is 11.6 Å². The van der Waals surface area contributed by atoms with Crippen LogP contribution < -0.4 is 5.32 Å². The number of carbonyl (C=O) groups is 1. The molecule has 0 radical (unpaired) electrons. The van der Waals surface area contributed by atoms with Crippen LogP contribution in [0.3, 0.4) is 0 Å². The third-order valence-corrected chi connectivity index (χ3v) is 3.77. The maximum Gasteiger partial charge on any atom is 0.248 e.